The molecule has 3 rings (SSSR count). The van der Waals surface area contributed by atoms with Gasteiger partial charge in [0.05, 0.1) is 4.47 Å². The number of halogens is 1. The Labute approximate surface area is 133 Å². The van der Waals surface area contributed by atoms with Crippen LogP contribution in [0.3, 0.4) is 0 Å². The Morgan fingerprint density at radius 1 is 1.10 bits per heavy atom. The van der Waals surface area contributed by atoms with Gasteiger partial charge in [0.2, 0.25) is 5.95 Å². The van der Waals surface area contributed by atoms with Crippen molar-refractivity contribution in [2.45, 2.75) is 13.0 Å². The molecule has 2 aromatic heterocycles. The van der Waals surface area contributed by atoms with Gasteiger partial charge in [-0.25, -0.2) is 9.97 Å². The number of piperazine rings is 1. The molecule has 6 heteroatoms. The predicted molar refractivity (Wildman–Crippen MR) is 86.2 cm³/mol. The number of aromatic nitrogens is 3. The van der Waals surface area contributed by atoms with Gasteiger partial charge in [0.15, 0.2) is 0 Å². The molecule has 21 heavy (non-hydrogen) atoms. The third-order valence-corrected chi connectivity index (χ3v) is 4.33. The molecule has 0 aliphatic carbocycles. The molecule has 110 valence electrons. The molecule has 1 atom stereocenters. The minimum absolute atomic E-state index is 0.395. The van der Waals surface area contributed by atoms with Crippen molar-refractivity contribution in [1.29, 1.82) is 0 Å². The summed E-state index contributed by atoms with van der Waals surface area (Å²) in [4.78, 5) is 17.7. The molecular weight excluding hydrogens is 330 g/mol. The van der Waals surface area contributed by atoms with Gasteiger partial charge in [-0.2, -0.15) is 0 Å². The summed E-state index contributed by atoms with van der Waals surface area (Å²) in [5.74, 6) is 0.812. The maximum Gasteiger partial charge on any atom is 0.225 e. The second-order valence-electron chi connectivity index (χ2n) is 5.19. The zero-order valence-corrected chi connectivity index (χ0v) is 13.6. The first kappa shape index (κ1) is 14.4. The molecule has 1 unspecified atom stereocenters. The maximum atomic E-state index is 4.37. The van der Waals surface area contributed by atoms with Crippen molar-refractivity contribution in [1.82, 2.24) is 19.9 Å². The van der Waals surface area contributed by atoms with E-state index in [1.54, 1.807) is 12.4 Å². The molecule has 2 aromatic rings. The average molecular weight is 348 g/mol. The van der Waals surface area contributed by atoms with Crippen LogP contribution in [-0.4, -0.2) is 46.0 Å². The van der Waals surface area contributed by atoms with Crippen LogP contribution >= 0.6 is 15.9 Å². The van der Waals surface area contributed by atoms with Crippen molar-refractivity contribution in [3.05, 3.63) is 47.0 Å². The molecule has 3 heterocycles. The van der Waals surface area contributed by atoms with E-state index in [0.717, 1.165) is 36.6 Å². The SMILES string of the molecule is CC(c1cccnc1)N1CCN(c2ncc(Br)cn2)CC1. The fourth-order valence-corrected chi connectivity index (χ4v) is 2.82. The van der Waals surface area contributed by atoms with Gasteiger partial charge in [-0.1, -0.05) is 6.07 Å². The van der Waals surface area contributed by atoms with Crippen LogP contribution in [0.2, 0.25) is 0 Å². The highest BCUT2D eigenvalue weighted by molar-refractivity contribution is 9.10. The van der Waals surface area contributed by atoms with Crippen molar-refractivity contribution in [2.24, 2.45) is 0 Å². The molecule has 1 fully saturated rings. The lowest BCUT2D eigenvalue weighted by molar-refractivity contribution is 0.197. The van der Waals surface area contributed by atoms with E-state index in [4.69, 9.17) is 0 Å². The summed E-state index contributed by atoms with van der Waals surface area (Å²) in [6.45, 7) is 6.16. The van der Waals surface area contributed by atoms with Gasteiger partial charge in [0.1, 0.15) is 0 Å². The largest absolute Gasteiger partial charge is 0.338 e. The fraction of sp³-hybridized carbons (Fsp3) is 0.400. The standard InChI is InChI=1S/C15H18BrN5/c1-12(13-3-2-4-17-9-13)20-5-7-21(8-6-20)15-18-10-14(16)11-19-15/h2-4,9-12H,5-8H2,1H3. The van der Waals surface area contributed by atoms with Gasteiger partial charge < -0.3 is 4.90 Å². The van der Waals surface area contributed by atoms with E-state index >= 15 is 0 Å². The van der Waals surface area contributed by atoms with Gasteiger partial charge in [0, 0.05) is 57.0 Å². The number of nitrogens with zero attached hydrogens (tertiary/aromatic N) is 5. The van der Waals surface area contributed by atoms with Crippen LogP contribution in [0.4, 0.5) is 5.95 Å². The Hall–Kier alpha value is -1.53. The van der Waals surface area contributed by atoms with Crippen LogP contribution in [0, 0.1) is 0 Å². The summed E-state index contributed by atoms with van der Waals surface area (Å²) >= 11 is 3.37. The van der Waals surface area contributed by atoms with Crippen LogP contribution in [0.1, 0.15) is 18.5 Å². The Bertz CT molecular complexity index is 566. The third kappa shape index (κ3) is 3.39. The molecule has 0 N–H and O–H groups in total. The van der Waals surface area contributed by atoms with Gasteiger partial charge >= 0.3 is 0 Å². The first-order chi connectivity index (χ1) is 10.2. The van der Waals surface area contributed by atoms with Crippen LogP contribution in [-0.2, 0) is 0 Å². The van der Waals surface area contributed by atoms with Crippen LogP contribution in [0.5, 0.6) is 0 Å². The highest BCUT2D eigenvalue weighted by atomic mass is 79.9. The van der Waals surface area contributed by atoms with E-state index < -0.39 is 0 Å². The Morgan fingerprint density at radius 2 is 1.81 bits per heavy atom. The van der Waals surface area contributed by atoms with Crippen molar-refractivity contribution in [3.63, 3.8) is 0 Å². The number of rotatable bonds is 3. The Balaban J connectivity index is 1.61. The van der Waals surface area contributed by atoms with Crippen molar-refractivity contribution in [3.8, 4) is 0 Å². The van der Waals surface area contributed by atoms with Crippen LogP contribution < -0.4 is 4.90 Å². The smallest absolute Gasteiger partial charge is 0.225 e. The topological polar surface area (TPSA) is 45.2 Å². The second kappa shape index (κ2) is 6.49. The lowest BCUT2D eigenvalue weighted by Crippen LogP contribution is -2.47. The Kier molecular flexibility index (Phi) is 4.45. The summed E-state index contributed by atoms with van der Waals surface area (Å²) in [5.41, 5.74) is 1.27. The van der Waals surface area contributed by atoms with Crippen molar-refractivity contribution < 1.29 is 0 Å². The van der Waals surface area contributed by atoms with Gasteiger partial charge in [0.25, 0.3) is 0 Å². The van der Waals surface area contributed by atoms with Crippen molar-refractivity contribution in [2.75, 3.05) is 31.1 Å². The highest BCUT2D eigenvalue weighted by Crippen LogP contribution is 2.22. The van der Waals surface area contributed by atoms with E-state index in [-0.39, 0.29) is 0 Å². The molecule has 0 spiro atoms. The number of hydrogen-bond acceptors (Lipinski definition) is 5. The summed E-state index contributed by atoms with van der Waals surface area (Å²) in [7, 11) is 0. The molecule has 1 saturated heterocycles. The summed E-state index contributed by atoms with van der Waals surface area (Å²) < 4.78 is 0.912. The summed E-state index contributed by atoms with van der Waals surface area (Å²) in [5, 5.41) is 0. The summed E-state index contributed by atoms with van der Waals surface area (Å²) in [6.07, 6.45) is 7.37. The van der Waals surface area contributed by atoms with E-state index in [9.17, 15) is 0 Å². The second-order valence-corrected chi connectivity index (χ2v) is 6.10. The monoisotopic (exact) mass is 347 g/mol. The molecule has 0 bridgehead atoms. The summed E-state index contributed by atoms with van der Waals surface area (Å²) in [6, 6.07) is 4.53. The predicted octanol–water partition coefficient (Wildman–Crippen LogP) is 2.52. The van der Waals surface area contributed by atoms with Crippen LogP contribution in [0.15, 0.2) is 41.4 Å². The van der Waals surface area contributed by atoms with E-state index in [0.29, 0.717) is 6.04 Å². The zero-order valence-electron chi connectivity index (χ0n) is 12.0. The number of pyridine rings is 1. The molecule has 0 aromatic carbocycles. The minimum Gasteiger partial charge on any atom is -0.338 e. The maximum absolute atomic E-state index is 4.37. The molecule has 1 aliphatic rings. The lowest BCUT2D eigenvalue weighted by Gasteiger charge is -2.38. The van der Waals surface area contributed by atoms with E-state index in [1.807, 2.05) is 18.5 Å². The zero-order chi connectivity index (χ0) is 14.7. The molecular formula is C15H18BrN5. The Morgan fingerprint density at radius 3 is 2.43 bits per heavy atom. The molecule has 0 radical (unpaired) electrons. The number of anilines is 1. The fourth-order valence-electron chi connectivity index (χ4n) is 2.61. The third-order valence-electron chi connectivity index (χ3n) is 3.92. The average Bonchev–Trinajstić information content (AvgIpc) is 2.56. The lowest BCUT2D eigenvalue weighted by atomic mass is 10.1. The van der Waals surface area contributed by atoms with Gasteiger partial charge in [-0.3, -0.25) is 9.88 Å². The van der Waals surface area contributed by atoms with E-state index in [1.165, 1.54) is 5.56 Å². The molecule has 0 saturated carbocycles. The highest BCUT2D eigenvalue weighted by Gasteiger charge is 2.23. The van der Waals surface area contributed by atoms with Gasteiger partial charge in [-0.15, -0.1) is 0 Å². The number of hydrogen-bond donors (Lipinski definition) is 0. The first-order valence-electron chi connectivity index (χ1n) is 7.10. The van der Waals surface area contributed by atoms with Crippen LogP contribution in [0.25, 0.3) is 0 Å². The van der Waals surface area contributed by atoms with Gasteiger partial charge in [-0.05, 0) is 34.5 Å². The van der Waals surface area contributed by atoms with Crippen molar-refractivity contribution >= 4 is 21.9 Å². The quantitative estimate of drug-likeness (QED) is 0.853. The minimum atomic E-state index is 0.395. The van der Waals surface area contributed by atoms with E-state index in [2.05, 4.69) is 53.7 Å². The molecule has 0 amide bonds. The normalized spacial score (nSPS) is 17.7. The molecule has 1 aliphatic heterocycles. The first-order valence-corrected chi connectivity index (χ1v) is 7.90. The molecule has 5 nitrogen and oxygen atoms in total.